The molecule has 0 aliphatic rings. The van der Waals surface area contributed by atoms with Crippen LogP contribution >= 0.6 is 0 Å². The number of anilines is 1. The molecule has 1 aromatic rings. The van der Waals surface area contributed by atoms with Gasteiger partial charge in [-0.05, 0) is 20.3 Å². The summed E-state index contributed by atoms with van der Waals surface area (Å²) in [5.74, 6) is -1.02. The number of aryl methyl sites for hydroxylation is 2. The topological polar surface area (TPSA) is 117 Å². The lowest BCUT2D eigenvalue weighted by atomic mass is 10.1. The molecule has 8 nitrogen and oxygen atoms in total. The van der Waals surface area contributed by atoms with Crippen molar-refractivity contribution in [3.63, 3.8) is 0 Å². The number of hydrogen-bond acceptors (Lipinski definition) is 5. The Bertz CT molecular complexity index is 492. The van der Waals surface area contributed by atoms with E-state index in [0.717, 1.165) is 12.8 Å². The zero-order valence-electron chi connectivity index (χ0n) is 11.8. The van der Waals surface area contributed by atoms with Crippen molar-refractivity contribution < 1.29 is 14.7 Å². The number of nitrogens with zero attached hydrogens (tertiary/aromatic N) is 3. The number of rotatable bonds is 6. The quantitative estimate of drug-likeness (QED) is 0.722. The monoisotopic (exact) mass is 281 g/mol. The van der Waals surface area contributed by atoms with Crippen molar-refractivity contribution in [3.05, 3.63) is 11.4 Å². The minimum Gasteiger partial charge on any atom is -0.480 e. The van der Waals surface area contributed by atoms with Gasteiger partial charge in [-0.3, -0.25) is 5.32 Å². The van der Waals surface area contributed by atoms with E-state index in [1.165, 1.54) is 0 Å². The van der Waals surface area contributed by atoms with Gasteiger partial charge in [-0.1, -0.05) is 19.8 Å². The van der Waals surface area contributed by atoms with Crippen LogP contribution in [0.1, 0.15) is 37.6 Å². The summed E-state index contributed by atoms with van der Waals surface area (Å²) in [5.41, 5.74) is 1.32. The Morgan fingerprint density at radius 1 is 1.25 bits per heavy atom. The van der Waals surface area contributed by atoms with Gasteiger partial charge in [0.25, 0.3) is 5.95 Å². The average molecular weight is 281 g/mol. The van der Waals surface area contributed by atoms with Crippen LogP contribution in [0.3, 0.4) is 0 Å². The van der Waals surface area contributed by atoms with Gasteiger partial charge in [0.05, 0.1) is 11.4 Å². The number of carbonyl (C=O) groups excluding carboxylic acids is 1. The first-order valence-corrected chi connectivity index (χ1v) is 6.42. The smallest absolute Gasteiger partial charge is 0.326 e. The molecule has 2 amide bonds. The van der Waals surface area contributed by atoms with Crippen LogP contribution in [0, 0.1) is 13.8 Å². The maximum Gasteiger partial charge on any atom is 0.326 e. The SMILES string of the molecule is CCCC[C@H](NC(=O)Nc1nnc(C)c(C)n1)C(=O)O. The maximum absolute atomic E-state index is 11.7. The molecule has 110 valence electrons. The molecule has 1 rings (SSSR count). The van der Waals surface area contributed by atoms with Crippen molar-refractivity contribution in [1.29, 1.82) is 0 Å². The molecule has 0 saturated heterocycles. The predicted octanol–water partition coefficient (Wildman–Crippen LogP) is 1.25. The Hall–Kier alpha value is -2.25. The van der Waals surface area contributed by atoms with E-state index in [-0.39, 0.29) is 5.95 Å². The van der Waals surface area contributed by atoms with Gasteiger partial charge in [0.2, 0.25) is 0 Å². The summed E-state index contributed by atoms with van der Waals surface area (Å²) in [4.78, 5) is 26.7. The first kappa shape index (κ1) is 15.8. The van der Waals surface area contributed by atoms with Crippen LogP contribution in [-0.2, 0) is 4.79 Å². The van der Waals surface area contributed by atoms with Gasteiger partial charge in [0.15, 0.2) is 0 Å². The number of aliphatic carboxylic acids is 1. The van der Waals surface area contributed by atoms with Crippen molar-refractivity contribution in [2.24, 2.45) is 0 Å². The van der Waals surface area contributed by atoms with Crippen molar-refractivity contribution in [3.8, 4) is 0 Å². The lowest BCUT2D eigenvalue weighted by Gasteiger charge is -2.14. The molecule has 0 bridgehead atoms. The van der Waals surface area contributed by atoms with Gasteiger partial charge in [0.1, 0.15) is 6.04 Å². The average Bonchev–Trinajstić information content (AvgIpc) is 2.38. The van der Waals surface area contributed by atoms with Crippen LogP contribution in [0.25, 0.3) is 0 Å². The molecule has 0 unspecified atom stereocenters. The molecule has 1 atom stereocenters. The van der Waals surface area contributed by atoms with Crippen LogP contribution < -0.4 is 10.6 Å². The van der Waals surface area contributed by atoms with Gasteiger partial charge < -0.3 is 10.4 Å². The summed E-state index contributed by atoms with van der Waals surface area (Å²) in [6, 6.07) is -1.58. The zero-order chi connectivity index (χ0) is 15.1. The molecule has 1 heterocycles. The van der Waals surface area contributed by atoms with Crippen molar-refractivity contribution in [2.45, 2.75) is 46.1 Å². The Labute approximate surface area is 117 Å². The molecule has 0 fully saturated rings. The molecule has 0 saturated carbocycles. The summed E-state index contributed by atoms with van der Waals surface area (Å²) in [7, 11) is 0. The van der Waals surface area contributed by atoms with Crippen LogP contribution in [0.4, 0.5) is 10.7 Å². The number of aromatic nitrogens is 3. The van der Waals surface area contributed by atoms with Gasteiger partial charge >= 0.3 is 12.0 Å². The molecule has 0 aliphatic carbocycles. The zero-order valence-corrected chi connectivity index (χ0v) is 11.8. The third kappa shape index (κ3) is 4.79. The Morgan fingerprint density at radius 3 is 2.50 bits per heavy atom. The molecule has 3 N–H and O–H groups in total. The van der Waals surface area contributed by atoms with Crippen molar-refractivity contribution in [2.75, 3.05) is 5.32 Å². The minimum atomic E-state index is -1.06. The number of nitrogens with one attached hydrogen (secondary N) is 2. The molecule has 1 aromatic heterocycles. The molecule has 0 spiro atoms. The van der Waals surface area contributed by atoms with E-state index in [9.17, 15) is 9.59 Å². The highest BCUT2D eigenvalue weighted by Crippen LogP contribution is 2.03. The molecular formula is C12H19N5O3. The lowest BCUT2D eigenvalue weighted by molar-refractivity contribution is -0.139. The Kier molecular flexibility index (Phi) is 5.82. The van der Waals surface area contributed by atoms with E-state index in [1.807, 2.05) is 6.92 Å². The molecule has 0 aromatic carbocycles. The van der Waals surface area contributed by atoms with Crippen LogP contribution in [0.2, 0.25) is 0 Å². The second-order valence-electron chi connectivity index (χ2n) is 4.44. The van der Waals surface area contributed by atoms with Gasteiger partial charge in [-0.25, -0.2) is 14.6 Å². The third-order valence-electron chi connectivity index (χ3n) is 2.77. The Balaban J connectivity index is 2.60. The van der Waals surface area contributed by atoms with Crippen LogP contribution in [0.15, 0.2) is 0 Å². The van der Waals surface area contributed by atoms with Crippen LogP contribution in [-0.4, -0.2) is 38.3 Å². The lowest BCUT2D eigenvalue weighted by Crippen LogP contribution is -2.43. The van der Waals surface area contributed by atoms with E-state index >= 15 is 0 Å². The number of hydrogen-bond donors (Lipinski definition) is 3. The van der Waals surface area contributed by atoms with Crippen molar-refractivity contribution in [1.82, 2.24) is 20.5 Å². The molecular weight excluding hydrogens is 262 g/mol. The van der Waals surface area contributed by atoms with E-state index in [0.29, 0.717) is 17.8 Å². The summed E-state index contributed by atoms with van der Waals surface area (Å²) < 4.78 is 0. The maximum atomic E-state index is 11.7. The van der Waals surface area contributed by atoms with E-state index in [4.69, 9.17) is 5.11 Å². The highest BCUT2D eigenvalue weighted by atomic mass is 16.4. The highest BCUT2D eigenvalue weighted by molar-refractivity contribution is 5.90. The predicted molar refractivity (Wildman–Crippen MR) is 72.4 cm³/mol. The van der Waals surface area contributed by atoms with Gasteiger partial charge in [0, 0.05) is 0 Å². The first-order valence-electron chi connectivity index (χ1n) is 6.42. The molecule has 0 aliphatic heterocycles. The largest absolute Gasteiger partial charge is 0.480 e. The van der Waals surface area contributed by atoms with Gasteiger partial charge in [-0.15, -0.1) is 5.10 Å². The molecule has 0 radical (unpaired) electrons. The first-order chi connectivity index (χ1) is 9.43. The number of carboxylic acid groups (broad SMARTS) is 1. The summed E-state index contributed by atoms with van der Waals surface area (Å²) in [6.45, 7) is 5.45. The number of carboxylic acids is 1. The minimum absolute atomic E-state index is 0.0465. The number of carbonyl (C=O) groups is 2. The molecule has 20 heavy (non-hydrogen) atoms. The number of amides is 2. The van der Waals surface area contributed by atoms with E-state index in [1.54, 1.807) is 13.8 Å². The normalized spacial score (nSPS) is 11.8. The summed E-state index contributed by atoms with van der Waals surface area (Å²) in [6.07, 6.45) is 1.96. The summed E-state index contributed by atoms with van der Waals surface area (Å²) >= 11 is 0. The number of urea groups is 1. The fourth-order valence-electron chi connectivity index (χ4n) is 1.47. The fraction of sp³-hybridized carbons (Fsp3) is 0.583. The van der Waals surface area contributed by atoms with Gasteiger partial charge in [-0.2, -0.15) is 5.10 Å². The number of unbranched alkanes of at least 4 members (excludes halogenated alkanes) is 1. The second-order valence-corrected chi connectivity index (χ2v) is 4.44. The van der Waals surface area contributed by atoms with E-state index < -0.39 is 18.0 Å². The van der Waals surface area contributed by atoms with Crippen LogP contribution in [0.5, 0.6) is 0 Å². The fourth-order valence-corrected chi connectivity index (χ4v) is 1.47. The van der Waals surface area contributed by atoms with E-state index in [2.05, 4.69) is 25.8 Å². The highest BCUT2D eigenvalue weighted by Gasteiger charge is 2.19. The standard InChI is InChI=1S/C12H19N5O3/c1-4-5-6-9(10(18)19)14-12(20)15-11-13-7(2)8(3)16-17-11/h9H,4-6H2,1-3H3,(H,18,19)(H2,13,14,15,17,20)/t9-/m0/s1. The molecule has 8 heteroatoms. The van der Waals surface area contributed by atoms with Crippen molar-refractivity contribution >= 4 is 17.9 Å². The Morgan fingerprint density at radius 2 is 1.95 bits per heavy atom. The third-order valence-corrected chi connectivity index (χ3v) is 2.77. The second kappa shape index (κ2) is 7.37. The summed E-state index contributed by atoms with van der Waals surface area (Å²) in [5, 5.41) is 21.3.